The SMILES string of the molecule is CC(C)c1cnc(CN(C)C(=O)N[C@H](C(=O)N[C@H](Cc2ccccc2)C[C@@H](O)[C@H](Cc2ccccc2)NC(=O)OCc2cncs2)C(C)C)s1. The first-order chi connectivity index (χ1) is 24.0. The van der Waals surface area contributed by atoms with Crippen LogP contribution in [0.15, 0.2) is 78.6 Å². The zero-order chi connectivity index (χ0) is 36.0. The fourth-order valence-electron chi connectivity index (χ4n) is 5.35. The highest BCUT2D eigenvalue weighted by molar-refractivity contribution is 7.11. The van der Waals surface area contributed by atoms with E-state index in [2.05, 4.69) is 39.8 Å². The van der Waals surface area contributed by atoms with Crippen LogP contribution in [0.4, 0.5) is 9.59 Å². The molecule has 0 fully saturated rings. The van der Waals surface area contributed by atoms with Gasteiger partial charge in [-0.25, -0.2) is 14.6 Å². The summed E-state index contributed by atoms with van der Waals surface area (Å²) in [4.78, 5) is 52.0. The average Bonchev–Trinajstić information content (AvgIpc) is 3.79. The third-order valence-electron chi connectivity index (χ3n) is 8.18. The molecule has 0 saturated carbocycles. The maximum atomic E-state index is 13.9. The van der Waals surface area contributed by atoms with Gasteiger partial charge in [0.25, 0.3) is 0 Å². The summed E-state index contributed by atoms with van der Waals surface area (Å²) in [5.41, 5.74) is 3.56. The van der Waals surface area contributed by atoms with E-state index in [0.717, 1.165) is 25.9 Å². The molecule has 0 bridgehead atoms. The first-order valence-electron chi connectivity index (χ1n) is 16.8. The van der Waals surface area contributed by atoms with E-state index in [1.165, 1.54) is 16.2 Å². The van der Waals surface area contributed by atoms with Gasteiger partial charge in [-0.1, -0.05) is 88.4 Å². The molecule has 0 radical (unpaired) electrons. The first kappa shape index (κ1) is 38.5. The number of aliphatic hydroxyl groups excluding tert-OH is 1. The number of thiazole rings is 2. The number of aromatic nitrogens is 2. The predicted molar refractivity (Wildman–Crippen MR) is 197 cm³/mol. The van der Waals surface area contributed by atoms with Gasteiger partial charge in [-0.2, -0.15) is 0 Å². The number of rotatable bonds is 17. The lowest BCUT2D eigenvalue weighted by Gasteiger charge is -2.30. The Morgan fingerprint density at radius 2 is 1.56 bits per heavy atom. The van der Waals surface area contributed by atoms with Crippen molar-refractivity contribution in [1.82, 2.24) is 30.8 Å². The van der Waals surface area contributed by atoms with Gasteiger partial charge in [0.05, 0.1) is 29.1 Å². The maximum Gasteiger partial charge on any atom is 0.407 e. The minimum absolute atomic E-state index is 0.0671. The zero-order valence-corrected chi connectivity index (χ0v) is 30.9. The van der Waals surface area contributed by atoms with Crippen molar-refractivity contribution in [3.8, 4) is 0 Å². The number of urea groups is 1. The number of carbonyl (C=O) groups excluding carboxylic acids is 3. The minimum Gasteiger partial charge on any atom is -0.444 e. The van der Waals surface area contributed by atoms with Crippen molar-refractivity contribution in [2.75, 3.05) is 7.05 Å². The van der Waals surface area contributed by atoms with E-state index >= 15 is 0 Å². The Morgan fingerprint density at radius 3 is 2.14 bits per heavy atom. The molecule has 0 aliphatic carbocycles. The summed E-state index contributed by atoms with van der Waals surface area (Å²) in [6.07, 6.45) is 2.68. The van der Waals surface area contributed by atoms with E-state index in [1.807, 2.05) is 80.7 Å². The third kappa shape index (κ3) is 12.2. The number of aliphatic hydroxyl groups is 1. The Hall–Kier alpha value is -4.33. The van der Waals surface area contributed by atoms with Gasteiger partial charge in [0, 0.05) is 30.4 Å². The highest BCUT2D eigenvalue weighted by atomic mass is 32.1. The van der Waals surface area contributed by atoms with E-state index in [4.69, 9.17) is 4.74 Å². The van der Waals surface area contributed by atoms with Crippen molar-refractivity contribution in [1.29, 1.82) is 0 Å². The molecular weight excluding hydrogens is 673 g/mol. The minimum atomic E-state index is -1.05. The Labute approximate surface area is 302 Å². The summed E-state index contributed by atoms with van der Waals surface area (Å²) < 4.78 is 5.43. The van der Waals surface area contributed by atoms with Crippen LogP contribution < -0.4 is 16.0 Å². The van der Waals surface area contributed by atoms with Crippen LogP contribution >= 0.6 is 22.7 Å². The molecule has 2 aromatic heterocycles. The smallest absolute Gasteiger partial charge is 0.407 e. The molecule has 0 aliphatic rings. The normalized spacial score (nSPS) is 13.7. The number of hydrogen-bond donors (Lipinski definition) is 4. The second kappa shape index (κ2) is 19.2. The summed E-state index contributed by atoms with van der Waals surface area (Å²) >= 11 is 2.95. The molecule has 4 amide bonds. The monoisotopic (exact) mass is 720 g/mol. The summed E-state index contributed by atoms with van der Waals surface area (Å²) in [6.45, 7) is 8.34. The van der Waals surface area contributed by atoms with E-state index in [1.54, 1.807) is 30.1 Å². The lowest BCUT2D eigenvalue weighted by Crippen LogP contribution is -2.55. The first-order valence-corrected chi connectivity index (χ1v) is 18.5. The van der Waals surface area contributed by atoms with Crippen LogP contribution in [0.5, 0.6) is 0 Å². The maximum absolute atomic E-state index is 13.9. The topological polar surface area (TPSA) is 146 Å². The summed E-state index contributed by atoms with van der Waals surface area (Å²) in [7, 11) is 1.68. The van der Waals surface area contributed by atoms with Crippen molar-refractivity contribution in [3.63, 3.8) is 0 Å². The number of nitrogens with one attached hydrogen (secondary N) is 3. The van der Waals surface area contributed by atoms with Crippen molar-refractivity contribution in [3.05, 3.63) is 104 Å². The molecule has 4 atom stereocenters. The van der Waals surface area contributed by atoms with Crippen LogP contribution in [-0.2, 0) is 35.5 Å². The summed E-state index contributed by atoms with van der Waals surface area (Å²) in [5, 5.41) is 21.4. The molecule has 0 unspecified atom stereocenters. The van der Waals surface area contributed by atoms with Gasteiger partial charge >= 0.3 is 12.1 Å². The van der Waals surface area contributed by atoms with Crippen molar-refractivity contribution >= 4 is 40.7 Å². The summed E-state index contributed by atoms with van der Waals surface area (Å²) in [5.74, 6) is -0.227. The number of benzene rings is 2. The largest absolute Gasteiger partial charge is 0.444 e. The van der Waals surface area contributed by atoms with E-state index in [9.17, 15) is 19.5 Å². The predicted octanol–water partition coefficient (Wildman–Crippen LogP) is 5.91. The quantitative estimate of drug-likeness (QED) is 0.106. The van der Waals surface area contributed by atoms with Gasteiger partial charge in [0.15, 0.2) is 0 Å². The van der Waals surface area contributed by atoms with Crippen molar-refractivity contribution in [2.45, 2.75) is 90.3 Å². The number of ether oxygens (including phenoxy) is 1. The van der Waals surface area contributed by atoms with E-state index in [-0.39, 0.29) is 30.9 Å². The van der Waals surface area contributed by atoms with Gasteiger partial charge in [0.2, 0.25) is 5.91 Å². The van der Waals surface area contributed by atoms with Gasteiger partial charge in [-0.3, -0.25) is 9.78 Å². The second-order valence-corrected chi connectivity index (χ2v) is 15.1. The highest BCUT2D eigenvalue weighted by Gasteiger charge is 2.31. The fourth-order valence-corrected chi connectivity index (χ4v) is 6.83. The average molecular weight is 721 g/mol. The van der Waals surface area contributed by atoms with Gasteiger partial charge in [0.1, 0.15) is 17.7 Å². The number of hydrogen-bond acceptors (Lipinski definition) is 9. The number of alkyl carbamates (subject to hydrolysis) is 1. The molecule has 4 N–H and O–H groups in total. The summed E-state index contributed by atoms with van der Waals surface area (Å²) in [6, 6.07) is 16.8. The Morgan fingerprint density at radius 1 is 0.900 bits per heavy atom. The van der Waals surface area contributed by atoms with Crippen molar-refractivity contribution < 1.29 is 24.2 Å². The standard InChI is InChI=1S/C37H48N6O5S2/c1-24(2)32-20-39-33(50-32)21-43(5)36(46)42-34(25(3)4)35(45)40-28(16-26-12-8-6-9-13-26)18-31(44)30(17-27-14-10-7-11-15-27)41-37(47)48-22-29-19-38-23-49-29/h6-15,19-20,23-25,28,30-31,34,44H,16-18,21-22H2,1-5H3,(H,40,45)(H,41,47)(H,42,46)/t28-,30+,31-,34+/m1/s1. The number of nitrogens with zero attached hydrogens (tertiary/aromatic N) is 3. The molecule has 50 heavy (non-hydrogen) atoms. The molecule has 268 valence electrons. The molecule has 4 aromatic rings. The van der Waals surface area contributed by atoms with Crippen molar-refractivity contribution in [2.24, 2.45) is 5.92 Å². The van der Waals surface area contributed by atoms with Gasteiger partial charge in [-0.15, -0.1) is 22.7 Å². The molecule has 0 spiro atoms. The Kier molecular flexibility index (Phi) is 14.7. The zero-order valence-electron chi connectivity index (χ0n) is 29.2. The van der Waals surface area contributed by atoms with Crippen LogP contribution in [0, 0.1) is 5.92 Å². The molecule has 2 heterocycles. The van der Waals surface area contributed by atoms with Crippen LogP contribution in [-0.4, -0.2) is 69.3 Å². The lowest BCUT2D eigenvalue weighted by atomic mass is 9.93. The van der Waals surface area contributed by atoms with Crippen LogP contribution in [0.1, 0.15) is 65.9 Å². The van der Waals surface area contributed by atoms with Gasteiger partial charge < -0.3 is 30.7 Å². The molecular formula is C37H48N6O5S2. The molecule has 4 rings (SSSR count). The molecule has 11 nitrogen and oxygen atoms in total. The number of amides is 4. The van der Waals surface area contributed by atoms with Crippen LogP contribution in [0.25, 0.3) is 0 Å². The lowest BCUT2D eigenvalue weighted by molar-refractivity contribution is -0.124. The van der Waals surface area contributed by atoms with E-state index < -0.39 is 30.3 Å². The second-order valence-electron chi connectivity index (χ2n) is 13.0. The molecule has 13 heteroatoms. The van der Waals surface area contributed by atoms with Gasteiger partial charge in [-0.05, 0) is 42.2 Å². The third-order valence-corrected chi connectivity index (χ3v) is 10.2. The number of carbonyl (C=O) groups is 3. The highest BCUT2D eigenvalue weighted by Crippen LogP contribution is 2.23. The Bertz CT molecular complexity index is 1620. The molecule has 2 aromatic carbocycles. The van der Waals surface area contributed by atoms with Crippen LogP contribution in [0.2, 0.25) is 0 Å². The molecule has 0 saturated heterocycles. The Balaban J connectivity index is 1.46. The van der Waals surface area contributed by atoms with E-state index in [0.29, 0.717) is 25.3 Å². The van der Waals surface area contributed by atoms with Crippen LogP contribution in [0.3, 0.4) is 0 Å². The fraction of sp³-hybridized carbons (Fsp3) is 0.432. The molecule has 0 aliphatic heterocycles.